The number of aryl methyl sites for hydroxylation is 1. The van der Waals surface area contributed by atoms with E-state index in [-0.39, 0.29) is 18.6 Å². The van der Waals surface area contributed by atoms with Crippen molar-refractivity contribution in [1.29, 1.82) is 0 Å². The zero-order valence-corrected chi connectivity index (χ0v) is 19.3. The van der Waals surface area contributed by atoms with Gasteiger partial charge in [-0.1, -0.05) is 42.5 Å². The maximum absolute atomic E-state index is 12.9. The Kier molecular flexibility index (Phi) is 5.81. The molecule has 0 atom stereocenters. The number of ether oxygens (including phenoxy) is 2. The molecular weight excluding hydrogens is 412 g/mol. The summed E-state index contributed by atoms with van der Waals surface area (Å²) in [4.78, 5) is 12.9. The summed E-state index contributed by atoms with van der Waals surface area (Å²) < 4.78 is 14.0. The molecule has 0 radical (unpaired) electrons. The minimum absolute atomic E-state index is 0.194. The van der Waals surface area contributed by atoms with Gasteiger partial charge in [0.25, 0.3) is 0 Å². The molecule has 1 fully saturated rings. The van der Waals surface area contributed by atoms with Crippen LogP contribution in [0.5, 0.6) is 5.75 Å². The number of nitrogens with two attached hydrogens (primary N) is 1. The summed E-state index contributed by atoms with van der Waals surface area (Å²) in [7, 11) is 1.96. The molecule has 170 valence electrons. The van der Waals surface area contributed by atoms with E-state index in [4.69, 9.17) is 15.2 Å². The second kappa shape index (κ2) is 8.91. The van der Waals surface area contributed by atoms with Crippen molar-refractivity contribution in [3.05, 3.63) is 65.9 Å². The Balaban J connectivity index is 1.79. The molecule has 5 rings (SSSR count). The predicted molar refractivity (Wildman–Crippen MR) is 133 cm³/mol. The molecule has 0 aliphatic heterocycles. The van der Waals surface area contributed by atoms with Gasteiger partial charge in [-0.05, 0) is 61.1 Å². The smallest absolute Gasteiger partial charge is 0.340 e. The third kappa shape index (κ3) is 3.76. The topological polar surface area (TPSA) is 66.5 Å². The molecule has 1 aromatic heterocycles. The molecule has 1 heterocycles. The van der Waals surface area contributed by atoms with Gasteiger partial charge in [-0.3, -0.25) is 0 Å². The van der Waals surface area contributed by atoms with Gasteiger partial charge in [-0.25, -0.2) is 4.79 Å². The highest BCUT2D eigenvalue weighted by Gasteiger charge is 2.25. The Labute approximate surface area is 194 Å². The van der Waals surface area contributed by atoms with Gasteiger partial charge in [0.1, 0.15) is 5.75 Å². The number of hydrogen-bond acceptors (Lipinski definition) is 4. The summed E-state index contributed by atoms with van der Waals surface area (Å²) in [5, 5.41) is 3.19. The molecule has 0 unspecified atom stereocenters. The number of carbonyl (C=O) groups excluding carboxylic acids is 1. The maximum Gasteiger partial charge on any atom is 0.340 e. The van der Waals surface area contributed by atoms with Crippen LogP contribution < -0.4 is 10.5 Å². The largest absolute Gasteiger partial charge is 0.490 e. The molecule has 0 amide bonds. The van der Waals surface area contributed by atoms with E-state index in [1.54, 1.807) is 0 Å². The van der Waals surface area contributed by atoms with Crippen LogP contribution >= 0.6 is 0 Å². The molecule has 0 spiro atoms. The lowest BCUT2D eigenvalue weighted by atomic mass is 9.96. The number of fused-ring (bicyclic) bond motifs is 2. The van der Waals surface area contributed by atoms with Crippen molar-refractivity contribution in [2.24, 2.45) is 12.8 Å². The van der Waals surface area contributed by atoms with Gasteiger partial charge in [0.15, 0.2) is 0 Å². The van der Waals surface area contributed by atoms with Gasteiger partial charge in [0.2, 0.25) is 0 Å². The van der Waals surface area contributed by atoms with Crippen LogP contribution in [-0.2, 0) is 18.3 Å². The van der Waals surface area contributed by atoms with Crippen LogP contribution in [0.4, 0.5) is 0 Å². The number of benzene rings is 3. The maximum atomic E-state index is 12.9. The normalized spacial score (nSPS) is 14.3. The number of carbonyl (C=O) groups is 1. The Morgan fingerprint density at radius 1 is 1.03 bits per heavy atom. The van der Waals surface area contributed by atoms with Gasteiger partial charge in [-0.2, -0.15) is 0 Å². The first-order valence-corrected chi connectivity index (χ1v) is 11.8. The lowest BCUT2D eigenvalue weighted by Crippen LogP contribution is -2.12. The number of aromatic nitrogens is 1. The van der Waals surface area contributed by atoms with Crippen molar-refractivity contribution in [1.82, 2.24) is 4.57 Å². The second-order valence-electron chi connectivity index (χ2n) is 8.72. The standard InChI is InChI=1S/C28H30N2O3/c1-3-32-28(31)27-23-16-26(33-19-11-5-6-12-19)22(15-24(23)30(2)25(27)17-29)21-14-8-10-18-9-4-7-13-20(18)21/h4,7-10,13-16,19H,3,5-6,11-12,17,29H2,1-2H3. The summed E-state index contributed by atoms with van der Waals surface area (Å²) in [5.41, 5.74) is 10.5. The molecule has 1 aliphatic carbocycles. The van der Waals surface area contributed by atoms with E-state index in [1.165, 1.54) is 23.6 Å². The average molecular weight is 443 g/mol. The van der Waals surface area contributed by atoms with Gasteiger partial charge >= 0.3 is 5.97 Å². The van der Waals surface area contributed by atoms with Crippen LogP contribution in [0.25, 0.3) is 32.8 Å². The highest BCUT2D eigenvalue weighted by molar-refractivity contribution is 6.09. The minimum atomic E-state index is -0.340. The highest BCUT2D eigenvalue weighted by Crippen LogP contribution is 2.41. The predicted octanol–water partition coefficient (Wildman–Crippen LogP) is 5.96. The van der Waals surface area contributed by atoms with E-state index in [9.17, 15) is 4.79 Å². The zero-order valence-electron chi connectivity index (χ0n) is 19.3. The number of esters is 1. The van der Waals surface area contributed by atoms with Crippen LogP contribution in [0, 0.1) is 0 Å². The highest BCUT2D eigenvalue weighted by atomic mass is 16.5. The molecule has 5 nitrogen and oxygen atoms in total. The van der Waals surface area contributed by atoms with Crippen molar-refractivity contribution >= 4 is 27.6 Å². The molecule has 0 bridgehead atoms. The van der Waals surface area contributed by atoms with Crippen LogP contribution in [0.15, 0.2) is 54.6 Å². The van der Waals surface area contributed by atoms with E-state index in [0.717, 1.165) is 46.3 Å². The molecule has 2 N–H and O–H groups in total. The first-order valence-electron chi connectivity index (χ1n) is 11.8. The molecule has 33 heavy (non-hydrogen) atoms. The molecule has 4 aromatic rings. The third-order valence-corrected chi connectivity index (χ3v) is 6.77. The number of nitrogens with zero attached hydrogens (tertiary/aromatic N) is 1. The second-order valence-corrected chi connectivity index (χ2v) is 8.72. The molecule has 3 aromatic carbocycles. The van der Waals surface area contributed by atoms with Crippen LogP contribution in [0.3, 0.4) is 0 Å². The number of hydrogen-bond donors (Lipinski definition) is 1. The molecular formula is C28H30N2O3. The number of rotatable bonds is 6. The summed E-state index contributed by atoms with van der Waals surface area (Å²) in [5.74, 6) is 0.471. The Hall–Kier alpha value is -3.31. The van der Waals surface area contributed by atoms with Crippen LogP contribution in [0.1, 0.15) is 48.7 Å². The first-order chi connectivity index (χ1) is 16.1. The SMILES string of the molecule is CCOC(=O)c1c(CN)n(C)c2cc(-c3cccc4ccccc34)c(OC3CCCC3)cc12. The van der Waals surface area contributed by atoms with Gasteiger partial charge in [0.05, 0.1) is 18.3 Å². The summed E-state index contributed by atoms with van der Waals surface area (Å²) in [6.07, 6.45) is 4.68. The molecule has 0 saturated heterocycles. The Bertz CT molecular complexity index is 1330. The summed E-state index contributed by atoms with van der Waals surface area (Å²) >= 11 is 0. The fourth-order valence-electron chi connectivity index (χ4n) is 5.14. The van der Waals surface area contributed by atoms with Crippen molar-refractivity contribution < 1.29 is 14.3 Å². The Morgan fingerprint density at radius 2 is 1.79 bits per heavy atom. The van der Waals surface area contributed by atoms with E-state index in [2.05, 4.69) is 48.5 Å². The fourth-order valence-corrected chi connectivity index (χ4v) is 5.14. The van der Waals surface area contributed by atoms with Crippen LogP contribution in [0.2, 0.25) is 0 Å². The summed E-state index contributed by atoms with van der Waals surface area (Å²) in [6, 6.07) is 18.9. The lowest BCUT2D eigenvalue weighted by molar-refractivity contribution is 0.0527. The van der Waals surface area contributed by atoms with Crippen molar-refractivity contribution in [2.45, 2.75) is 45.3 Å². The van der Waals surface area contributed by atoms with Crippen molar-refractivity contribution in [3.8, 4) is 16.9 Å². The van der Waals surface area contributed by atoms with Crippen molar-refractivity contribution in [3.63, 3.8) is 0 Å². The fraction of sp³-hybridized carbons (Fsp3) is 0.321. The first kappa shape index (κ1) is 21.5. The third-order valence-electron chi connectivity index (χ3n) is 6.77. The average Bonchev–Trinajstić information content (AvgIpc) is 3.44. The van der Waals surface area contributed by atoms with E-state index in [0.29, 0.717) is 12.2 Å². The molecule has 1 aliphatic rings. The minimum Gasteiger partial charge on any atom is -0.490 e. The van der Waals surface area contributed by atoms with Crippen molar-refractivity contribution in [2.75, 3.05) is 6.61 Å². The quantitative estimate of drug-likeness (QED) is 0.374. The Morgan fingerprint density at radius 3 is 2.55 bits per heavy atom. The summed E-state index contributed by atoms with van der Waals surface area (Å²) in [6.45, 7) is 2.39. The molecule has 5 heteroatoms. The van der Waals surface area contributed by atoms with E-state index in [1.807, 2.05) is 24.6 Å². The van der Waals surface area contributed by atoms with E-state index >= 15 is 0 Å². The van der Waals surface area contributed by atoms with Gasteiger partial charge in [-0.15, -0.1) is 0 Å². The monoisotopic (exact) mass is 442 g/mol. The zero-order chi connectivity index (χ0) is 22.9. The van der Waals surface area contributed by atoms with Gasteiger partial charge in [0, 0.05) is 35.8 Å². The van der Waals surface area contributed by atoms with E-state index < -0.39 is 0 Å². The molecule has 1 saturated carbocycles. The van der Waals surface area contributed by atoms with Gasteiger partial charge < -0.3 is 19.8 Å². The lowest BCUT2D eigenvalue weighted by Gasteiger charge is -2.18. The van der Waals surface area contributed by atoms with Crippen LogP contribution in [-0.4, -0.2) is 23.2 Å².